The Labute approximate surface area is 86.7 Å². The van der Waals surface area contributed by atoms with Gasteiger partial charge in [-0.2, -0.15) is 0 Å². The first kappa shape index (κ1) is 11.4. The summed E-state index contributed by atoms with van der Waals surface area (Å²) < 4.78 is 5.86. The molecule has 1 rings (SSSR count). The Bertz CT molecular complexity index is 272. The Morgan fingerprint density at radius 1 is 1.29 bits per heavy atom. The molecule has 0 aromatic heterocycles. The molecule has 14 heavy (non-hydrogen) atoms. The second kappa shape index (κ2) is 4.73. The van der Waals surface area contributed by atoms with Gasteiger partial charge in [0.2, 0.25) is 8.32 Å². The molecule has 78 valence electrons. The van der Waals surface area contributed by atoms with Crippen molar-refractivity contribution in [3.8, 4) is 0 Å². The molecule has 0 radical (unpaired) electrons. The Balaban J connectivity index is 2.75. The molecule has 0 bridgehead atoms. The van der Waals surface area contributed by atoms with Crippen LogP contribution in [-0.2, 0) is 4.43 Å². The molecule has 0 heterocycles. The van der Waals surface area contributed by atoms with E-state index in [9.17, 15) is 0 Å². The zero-order chi connectivity index (χ0) is 10.6. The van der Waals surface area contributed by atoms with Crippen molar-refractivity contribution in [1.82, 2.24) is 0 Å². The van der Waals surface area contributed by atoms with E-state index in [0.717, 1.165) is 0 Å². The van der Waals surface area contributed by atoms with Crippen LogP contribution in [-0.4, -0.2) is 26.1 Å². The smallest absolute Gasteiger partial charge is 0.218 e. The molecule has 1 aromatic carbocycles. The summed E-state index contributed by atoms with van der Waals surface area (Å²) in [6, 6.07) is 10.2. The van der Waals surface area contributed by atoms with Crippen molar-refractivity contribution in [2.45, 2.75) is 26.1 Å². The van der Waals surface area contributed by atoms with Crippen molar-refractivity contribution in [2.75, 3.05) is 6.61 Å². The Hall–Kier alpha value is -0.643. The van der Waals surface area contributed by atoms with Crippen LogP contribution in [0.5, 0.6) is 0 Å². The lowest BCUT2D eigenvalue weighted by atomic mass is 10.4. The summed E-state index contributed by atoms with van der Waals surface area (Å²) in [6.45, 7) is 6.28. The molecule has 0 aliphatic carbocycles. The van der Waals surface area contributed by atoms with Crippen molar-refractivity contribution in [2.24, 2.45) is 0 Å². The first-order valence-electron chi connectivity index (χ1n) is 4.90. The van der Waals surface area contributed by atoms with Crippen LogP contribution in [0.15, 0.2) is 30.3 Å². The van der Waals surface area contributed by atoms with Gasteiger partial charge in [0.15, 0.2) is 0 Å². The van der Waals surface area contributed by atoms with Gasteiger partial charge in [0.05, 0.1) is 12.7 Å². The molecular formula is C11H18O2Si. The highest BCUT2D eigenvalue weighted by Gasteiger charge is 2.26. The van der Waals surface area contributed by atoms with E-state index in [1.54, 1.807) is 0 Å². The summed E-state index contributed by atoms with van der Waals surface area (Å²) >= 11 is 0. The number of hydrogen-bond acceptors (Lipinski definition) is 2. The van der Waals surface area contributed by atoms with E-state index in [1.807, 2.05) is 25.1 Å². The summed E-state index contributed by atoms with van der Waals surface area (Å²) in [6.07, 6.45) is -0.0723. The van der Waals surface area contributed by atoms with E-state index in [1.165, 1.54) is 5.19 Å². The highest BCUT2D eigenvalue weighted by Crippen LogP contribution is 2.08. The monoisotopic (exact) mass is 210 g/mol. The maximum absolute atomic E-state index is 8.94. The van der Waals surface area contributed by atoms with E-state index in [-0.39, 0.29) is 12.7 Å². The molecule has 0 fully saturated rings. The number of hydrogen-bond donors (Lipinski definition) is 1. The van der Waals surface area contributed by atoms with Gasteiger partial charge in [-0.3, -0.25) is 0 Å². The summed E-state index contributed by atoms with van der Waals surface area (Å²) in [5, 5.41) is 10.2. The molecule has 3 heteroatoms. The van der Waals surface area contributed by atoms with E-state index in [4.69, 9.17) is 9.53 Å². The molecule has 0 aliphatic rings. The minimum atomic E-state index is -1.82. The van der Waals surface area contributed by atoms with Crippen LogP contribution in [0.3, 0.4) is 0 Å². The van der Waals surface area contributed by atoms with Gasteiger partial charge in [-0.25, -0.2) is 0 Å². The van der Waals surface area contributed by atoms with E-state index < -0.39 is 8.32 Å². The maximum atomic E-state index is 8.94. The number of aliphatic hydroxyl groups is 1. The lowest BCUT2D eigenvalue weighted by Crippen LogP contribution is -2.47. The second-order valence-corrected chi connectivity index (χ2v) is 7.82. The summed E-state index contributed by atoms with van der Waals surface area (Å²) in [5.41, 5.74) is 0. The van der Waals surface area contributed by atoms with Crippen LogP contribution in [0, 0.1) is 0 Å². The molecule has 1 N–H and O–H groups in total. The first-order chi connectivity index (χ1) is 6.56. The topological polar surface area (TPSA) is 29.5 Å². The summed E-state index contributed by atoms with van der Waals surface area (Å²) in [7, 11) is -1.82. The Morgan fingerprint density at radius 2 is 1.86 bits per heavy atom. The van der Waals surface area contributed by atoms with E-state index in [2.05, 4.69) is 25.2 Å². The number of rotatable bonds is 4. The molecule has 1 aromatic rings. The molecule has 0 saturated heterocycles. The van der Waals surface area contributed by atoms with E-state index in [0.29, 0.717) is 0 Å². The minimum Gasteiger partial charge on any atom is -0.408 e. The van der Waals surface area contributed by atoms with Crippen LogP contribution >= 0.6 is 0 Å². The minimum absolute atomic E-state index is 0.0723. The highest BCUT2D eigenvalue weighted by atomic mass is 28.4. The van der Waals surface area contributed by atoms with E-state index >= 15 is 0 Å². The third-order valence-electron chi connectivity index (χ3n) is 2.22. The van der Waals surface area contributed by atoms with Gasteiger partial charge in [0, 0.05) is 0 Å². The fourth-order valence-corrected chi connectivity index (χ4v) is 3.66. The van der Waals surface area contributed by atoms with Crippen molar-refractivity contribution in [3.05, 3.63) is 30.3 Å². The first-order valence-corrected chi connectivity index (χ1v) is 7.81. The van der Waals surface area contributed by atoms with Crippen LogP contribution in [0.1, 0.15) is 6.92 Å². The van der Waals surface area contributed by atoms with Crippen LogP contribution in [0.25, 0.3) is 0 Å². The zero-order valence-corrected chi connectivity index (χ0v) is 10.0. The van der Waals surface area contributed by atoms with Crippen LogP contribution in [0.2, 0.25) is 13.1 Å². The van der Waals surface area contributed by atoms with Crippen molar-refractivity contribution in [3.63, 3.8) is 0 Å². The molecule has 2 nitrogen and oxygen atoms in total. The Morgan fingerprint density at radius 3 is 2.36 bits per heavy atom. The normalized spacial score (nSPS) is 14.0. The third kappa shape index (κ3) is 2.94. The van der Waals surface area contributed by atoms with Gasteiger partial charge in [0.1, 0.15) is 0 Å². The SMILES string of the molecule is C[C@H](CO)O[Si](C)(C)c1ccccc1. The van der Waals surface area contributed by atoms with Gasteiger partial charge in [-0.1, -0.05) is 30.3 Å². The van der Waals surface area contributed by atoms with Gasteiger partial charge in [-0.15, -0.1) is 0 Å². The maximum Gasteiger partial charge on any atom is 0.218 e. The predicted molar refractivity (Wildman–Crippen MR) is 61.2 cm³/mol. The number of aliphatic hydroxyl groups excluding tert-OH is 1. The molecule has 0 unspecified atom stereocenters. The molecule has 1 atom stereocenters. The van der Waals surface area contributed by atoms with Crippen LogP contribution < -0.4 is 5.19 Å². The lowest BCUT2D eigenvalue weighted by Gasteiger charge is -2.26. The van der Waals surface area contributed by atoms with Crippen molar-refractivity contribution < 1.29 is 9.53 Å². The van der Waals surface area contributed by atoms with Gasteiger partial charge in [0.25, 0.3) is 0 Å². The van der Waals surface area contributed by atoms with Crippen molar-refractivity contribution >= 4 is 13.5 Å². The zero-order valence-electron chi connectivity index (χ0n) is 9.03. The molecule has 0 saturated carbocycles. The largest absolute Gasteiger partial charge is 0.408 e. The summed E-state index contributed by atoms with van der Waals surface area (Å²) in [4.78, 5) is 0. The summed E-state index contributed by atoms with van der Waals surface area (Å²) in [5.74, 6) is 0. The third-order valence-corrected chi connectivity index (χ3v) is 4.94. The van der Waals surface area contributed by atoms with Gasteiger partial charge < -0.3 is 9.53 Å². The molecule has 0 aliphatic heterocycles. The Kier molecular flexibility index (Phi) is 3.86. The predicted octanol–water partition coefficient (Wildman–Crippen LogP) is 1.50. The van der Waals surface area contributed by atoms with Crippen molar-refractivity contribution in [1.29, 1.82) is 0 Å². The average molecular weight is 210 g/mol. The molecule has 0 amide bonds. The standard InChI is InChI=1S/C11H18O2Si/c1-10(9-12)13-14(2,3)11-7-5-4-6-8-11/h4-8,10,12H,9H2,1-3H3/t10-/m1/s1. The fraction of sp³-hybridized carbons (Fsp3) is 0.455. The number of benzene rings is 1. The van der Waals surface area contributed by atoms with Gasteiger partial charge >= 0.3 is 0 Å². The van der Waals surface area contributed by atoms with Gasteiger partial charge in [-0.05, 0) is 25.2 Å². The lowest BCUT2D eigenvalue weighted by molar-refractivity contribution is 0.126. The quantitative estimate of drug-likeness (QED) is 0.763. The second-order valence-electron chi connectivity index (χ2n) is 3.99. The molecular weight excluding hydrogens is 192 g/mol. The fourth-order valence-electron chi connectivity index (χ4n) is 1.45. The molecule has 0 spiro atoms. The highest BCUT2D eigenvalue weighted by molar-refractivity contribution is 6.84. The van der Waals surface area contributed by atoms with Crippen LogP contribution in [0.4, 0.5) is 0 Å². The average Bonchev–Trinajstić information content (AvgIpc) is 2.18.